The van der Waals surface area contributed by atoms with Crippen molar-refractivity contribution in [3.63, 3.8) is 0 Å². The van der Waals surface area contributed by atoms with Crippen LogP contribution in [0.3, 0.4) is 0 Å². The average molecular weight is 177 g/mol. The molecule has 0 amide bonds. The number of hydrogen-bond donors (Lipinski definition) is 1. The van der Waals surface area contributed by atoms with Crippen molar-refractivity contribution in [3.8, 4) is 0 Å². The second-order valence-electron chi connectivity index (χ2n) is 2.31. The first kappa shape index (κ1) is 9.12. The van der Waals surface area contributed by atoms with Crippen molar-refractivity contribution in [2.75, 3.05) is 0 Å². The third kappa shape index (κ3) is 2.86. The minimum Gasteiger partial charge on any atom is -0.478 e. The largest absolute Gasteiger partial charge is 0.478 e. The highest BCUT2D eigenvalue weighted by Gasteiger charge is 1.91. The van der Waals surface area contributed by atoms with Crippen molar-refractivity contribution in [2.45, 2.75) is 0 Å². The summed E-state index contributed by atoms with van der Waals surface area (Å²) >= 11 is 0. The van der Waals surface area contributed by atoms with Crippen LogP contribution in [0.15, 0.2) is 24.4 Å². The van der Waals surface area contributed by atoms with E-state index in [4.69, 9.17) is 5.11 Å². The molecule has 0 aromatic carbocycles. The Morgan fingerprint density at radius 2 is 2.23 bits per heavy atom. The van der Waals surface area contributed by atoms with Gasteiger partial charge >= 0.3 is 5.97 Å². The molecule has 0 atom stereocenters. The predicted octanol–water partition coefficient (Wildman–Crippen LogP) is 0.992. The summed E-state index contributed by atoms with van der Waals surface area (Å²) in [5.74, 6) is -1.03. The van der Waals surface area contributed by atoms with Gasteiger partial charge in [-0.3, -0.25) is 9.78 Å². The summed E-state index contributed by atoms with van der Waals surface area (Å²) in [7, 11) is 0. The van der Waals surface area contributed by atoms with Crippen LogP contribution in [0.5, 0.6) is 0 Å². The van der Waals surface area contributed by atoms with Crippen molar-refractivity contribution in [2.24, 2.45) is 0 Å². The molecule has 1 heterocycles. The van der Waals surface area contributed by atoms with E-state index in [9.17, 15) is 9.59 Å². The number of carbonyl (C=O) groups is 2. The van der Waals surface area contributed by atoms with E-state index in [1.807, 2.05) is 0 Å². The first-order valence-electron chi connectivity index (χ1n) is 3.54. The van der Waals surface area contributed by atoms with E-state index in [1.165, 1.54) is 12.3 Å². The van der Waals surface area contributed by atoms with E-state index in [1.54, 1.807) is 12.1 Å². The lowest BCUT2D eigenvalue weighted by Crippen LogP contribution is -1.88. The van der Waals surface area contributed by atoms with Crippen LogP contribution in [-0.4, -0.2) is 22.3 Å². The standard InChI is InChI=1S/C9H7NO3/c11-6-7-1-2-8(10-5-7)3-4-9(12)13/h1-6H,(H,12,13)/b4-3+. The molecule has 1 N–H and O–H groups in total. The van der Waals surface area contributed by atoms with Gasteiger partial charge in [0.05, 0.1) is 5.69 Å². The molecule has 66 valence electrons. The fraction of sp³-hybridized carbons (Fsp3) is 0. The number of carboxylic acids is 1. The average Bonchev–Trinajstić information content (AvgIpc) is 2.15. The number of rotatable bonds is 3. The molecule has 1 aromatic heterocycles. The fourth-order valence-electron chi connectivity index (χ4n) is 0.742. The Balaban J connectivity index is 2.80. The predicted molar refractivity (Wildman–Crippen MR) is 46.3 cm³/mol. The molecular weight excluding hydrogens is 170 g/mol. The summed E-state index contributed by atoms with van der Waals surface area (Å²) in [4.78, 5) is 24.2. The van der Waals surface area contributed by atoms with E-state index >= 15 is 0 Å². The molecule has 0 saturated heterocycles. The number of carbonyl (C=O) groups excluding carboxylic acids is 1. The quantitative estimate of drug-likeness (QED) is 0.552. The fourth-order valence-corrected chi connectivity index (χ4v) is 0.742. The molecule has 0 aliphatic carbocycles. The molecular formula is C9H7NO3. The van der Waals surface area contributed by atoms with Gasteiger partial charge in [0.25, 0.3) is 0 Å². The third-order valence-corrected chi connectivity index (χ3v) is 1.34. The van der Waals surface area contributed by atoms with E-state index in [2.05, 4.69) is 4.98 Å². The highest BCUT2D eigenvalue weighted by molar-refractivity contribution is 5.85. The van der Waals surface area contributed by atoms with Gasteiger partial charge in [-0.05, 0) is 18.2 Å². The molecule has 1 aromatic rings. The molecule has 4 heteroatoms. The number of carboxylic acid groups (broad SMARTS) is 1. The van der Waals surface area contributed by atoms with E-state index in [0.29, 0.717) is 17.5 Å². The lowest BCUT2D eigenvalue weighted by atomic mass is 10.2. The molecule has 0 spiro atoms. The number of aliphatic carboxylic acids is 1. The Kier molecular flexibility index (Phi) is 2.92. The van der Waals surface area contributed by atoms with Crippen LogP contribution in [-0.2, 0) is 4.79 Å². The molecule has 0 fully saturated rings. The summed E-state index contributed by atoms with van der Waals surface area (Å²) in [6.07, 6.45) is 4.41. The molecule has 0 bridgehead atoms. The number of nitrogens with zero attached hydrogens (tertiary/aromatic N) is 1. The number of aldehydes is 1. The topological polar surface area (TPSA) is 67.3 Å². The number of hydrogen-bond acceptors (Lipinski definition) is 3. The Bertz CT molecular complexity index is 340. The minimum atomic E-state index is -1.03. The zero-order valence-corrected chi connectivity index (χ0v) is 6.68. The van der Waals surface area contributed by atoms with Crippen LogP contribution >= 0.6 is 0 Å². The zero-order valence-electron chi connectivity index (χ0n) is 6.68. The van der Waals surface area contributed by atoms with Crippen LogP contribution in [0.25, 0.3) is 6.08 Å². The molecule has 0 unspecified atom stereocenters. The maximum absolute atomic E-state index is 10.2. The normalized spacial score (nSPS) is 10.2. The Morgan fingerprint density at radius 1 is 1.46 bits per heavy atom. The molecule has 13 heavy (non-hydrogen) atoms. The van der Waals surface area contributed by atoms with Gasteiger partial charge in [-0.2, -0.15) is 0 Å². The van der Waals surface area contributed by atoms with Crippen LogP contribution in [0.1, 0.15) is 16.1 Å². The van der Waals surface area contributed by atoms with E-state index < -0.39 is 5.97 Å². The summed E-state index contributed by atoms with van der Waals surface area (Å²) < 4.78 is 0. The molecule has 0 radical (unpaired) electrons. The van der Waals surface area contributed by atoms with Crippen molar-refractivity contribution in [3.05, 3.63) is 35.7 Å². The molecule has 0 saturated carbocycles. The van der Waals surface area contributed by atoms with Crippen LogP contribution < -0.4 is 0 Å². The van der Waals surface area contributed by atoms with Crippen LogP contribution in [0.2, 0.25) is 0 Å². The molecule has 0 aliphatic rings. The van der Waals surface area contributed by atoms with Crippen LogP contribution in [0.4, 0.5) is 0 Å². The second kappa shape index (κ2) is 4.15. The Hall–Kier alpha value is -1.97. The first-order chi connectivity index (χ1) is 6.22. The zero-order chi connectivity index (χ0) is 9.68. The van der Waals surface area contributed by atoms with Crippen molar-refractivity contribution in [1.29, 1.82) is 0 Å². The van der Waals surface area contributed by atoms with Gasteiger partial charge in [0.1, 0.15) is 0 Å². The highest BCUT2D eigenvalue weighted by atomic mass is 16.4. The third-order valence-electron chi connectivity index (χ3n) is 1.34. The minimum absolute atomic E-state index is 0.465. The maximum Gasteiger partial charge on any atom is 0.328 e. The van der Waals surface area contributed by atoms with Gasteiger partial charge in [-0.1, -0.05) is 0 Å². The number of pyridine rings is 1. The van der Waals surface area contributed by atoms with Gasteiger partial charge in [0.15, 0.2) is 6.29 Å². The molecule has 4 nitrogen and oxygen atoms in total. The SMILES string of the molecule is O=Cc1ccc(/C=C/C(=O)O)nc1. The number of aromatic nitrogens is 1. The molecule has 1 rings (SSSR count). The van der Waals surface area contributed by atoms with Crippen LogP contribution in [0, 0.1) is 0 Å². The van der Waals surface area contributed by atoms with Gasteiger partial charge in [-0.15, -0.1) is 0 Å². The monoisotopic (exact) mass is 177 g/mol. The summed E-state index contributed by atoms with van der Waals surface area (Å²) in [6.45, 7) is 0. The van der Waals surface area contributed by atoms with Gasteiger partial charge < -0.3 is 5.11 Å². The van der Waals surface area contributed by atoms with Crippen molar-refractivity contribution < 1.29 is 14.7 Å². The van der Waals surface area contributed by atoms with E-state index in [0.717, 1.165) is 6.08 Å². The summed E-state index contributed by atoms with van der Waals surface area (Å²) in [5.41, 5.74) is 0.973. The maximum atomic E-state index is 10.2. The summed E-state index contributed by atoms with van der Waals surface area (Å²) in [5, 5.41) is 8.30. The lowest BCUT2D eigenvalue weighted by molar-refractivity contribution is -0.131. The van der Waals surface area contributed by atoms with Gasteiger partial charge in [0.2, 0.25) is 0 Å². The Labute approximate surface area is 74.5 Å². The highest BCUT2D eigenvalue weighted by Crippen LogP contribution is 1.99. The Morgan fingerprint density at radius 3 is 2.69 bits per heavy atom. The van der Waals surface area contributed by atoms with Crippen molar-refractivity contribution >= 4 is 18.3 Å². The van der Waals surface area contributed by atoms with Crippen molar-refractivity contribution in [1.82, 2.24) is 4.98 Å². The second-order valence-corrected chi connectivity index (χ2v) is 2.31. The molecule has 0 aliphatic heterocycles. The summed E-state index contributed by atoms with van der Waals surface area (Å²) in [6, 6.07) is 3.14. The smallest absolute Gasteiger partial charge is 0.328 e. The van der Waals surface area contributed by atoms with Gasteiger partial charge in [0, 0.05) is 17.8 Å². The van der Waals surface area contributed by atoms with Gasteiger partial charge in [-0.25, -0.2) is 4.79 Å². The lowest BCUT2D eigenvalue weighted by Gasteiger charge is -1.91. The van der Waals surface area contributed by atoms with E-state index in [-0.39, 0.29) is 0 Å². The first-order valence-corrected chi connectivity index (χ1v) is 3.54.